The van der Waals surface area contributed by atoms with E-state index in [0.717, 1.165) is 50.4 Å². The predicted molar refractivity (Wildman–Crippen MR) is 181 cm³/mol. The summed E-state index contributed by atoms with van der Waals surface area (Å²) in [7, 11) is 0. The molecule has 0 aliphatic carbocycles. The first kappa shape index (κ1) is 42.8. The SMILES string of the molecule is CC(C)CCCCCCCCCCCC(=O)O[C@H](CCCCCCCCCCC(C)C)CC(=O)NCC(=O)N[C@@H](CO)C(=O)O. The molecule has 0 aromatic heterocycles. The van der Waals surface area contributed by atoms with Gasteiger partial charge in [-0.25, -0.2) is 4.79 Å². The van der Waals surface area contributed by atoms with Gasteiger partial charge in [-0.2, -0.15) is 0 Å². The number of aliphatic carboxylic acids is 1. The van der Waals surface area contributed by atoms with Crippen molar-refractivity contribution in [1.82, 2.24) is 10.6 Å². The molecule has 9 nitrogen and oxygen atoms in total. The molecule has 2 amide bonds. The number of aliphatic hydroxyl groups is 1. The minimum absolute atomic E-state index is 0.0472. The van der Waals surface area contributed by atoms with Crippen LogP contribution in [-0.2, 0) is 23.9 Å². The summed E-state index contributed by atoms with van der Waals surface area (Å²) in [6.07, 6.45) is 22.8. The summed E-state index contributed by atoms with van der Waals surface area (Å²) in [5.74, 6) is -1.24. The number of carboxylic acids is 1. The molecule has 0 heterocycles. The van der Waals surface area contributed by atoms with Gasteiger partial charge < -0.3 is 25.6 Å². The third kappa shape index (κ3) is 29.0. The zero-order chi connectivity index (χ0) is 33.7. The van der Waals surface area contributed by atoms with E-state index < -0.39 is 43.1 Å². The summed E-state index contributed by atoms with van der Waals surface area (Å²) in [4.78, 5) is 48.1. The zero-order valence-corrected chi connectivity index (χ0v) is 29.2. The molecule has 0 bridgehead atoms. The minimum atomic E-state index is -1.43. The Kier molecular flexibility index (Phi) is 27.9. The smallest absolute Gasteiger partial charge is 0.328 e. The molecule has 0 saturated heterocycles. The number of ether oxygens (including phenoxy) is 1. The van der Waals surface area contributed by atoms with Crippen LogP contribution in [0.25, 0.3) is 0 Å². The van der Waals surface area contributed by atoms with Gasteiger partial charge in [-0.1, -0.05) is 137 Å². The van der Waals surface area contributed by atoms with Gasteiger partial charge >= 0.3 is 11.9 Å². The van der Waals surface area contributed by atoms with E-state index in [4.69, 9.17) is 14.9 Å². The Morgan fingerprint density at radius 1 is 0.600 bits per heavy atom. The number of carbonyl (C=O) groups excluding carboxylic acids is 3. The molecular weight excluding hydrogens is 572 g/mol. The predicted octanol–water partition coefficient (Wildman–Crippen LogP) is 7.47. The van der Waals surface area contributed by atoms with Gasteiger partial charge in [0.05, 0.1) is 19.6 Å². The highest BCUT2D eigenvalue weighted by molar-refractivity contribution is 5.88. The van der Waals surface area contributed by atoms with Gasteiger partial charge in [0.2, 0.25) is 11.8 Å². The number of carbonyl (C=O) groups is 4. The van der Waals surface area contributed by atoms with Crippen LogP contribution >= 0.6 is 0 Å². The molecule has 0 aliphatic heterocycles. The second kappa shape index (κ2) is 29.3. The van der Waals surface area contributed by atoms with Crippen LogP contribution in [0.1, 0.15) is 169 Å². The molecular formula is C36H68N2O7. The number of esters is 1. The molecule has 0 fully saturated rings. The molecule has 0 saturated carbocycles. The summed E-state index contributed by atoms with van der Waals surface area (Å²) in [6, 6.07) is -1.43. The topological polar surface area (TPSA) is 142 Å². The largest absolute Gasteiger partial charge is 0.480 e. The fourth-order valence-corrected chi connectivity index (χ4v) is 5.38. The van der Waals surface area contributed by atoms with Crippen LogP contribution in [-0.4, -0.2) is 59.3 Å². The monoisotopic (exact) mass is 641 g/mol. The Morgan fingerprint density at radius 3 is 1.44 bits per heavy atom. The molecule has 0 aliphatic rings. The van der Waals surface area contributed by atoms with Crippen molar-refractivity contribution >= 4 is 23.8 Å². The second-order valence-electron chi connectivity index (χ2n) is 13.6. The number of hydrogen-bond acceptors (Lipinski definition) is 6. The molecule has 264 valence electrons. The van der Waals surface area contributed by atoms with E-state index in [9.17, 15) is 19.2 Å². The van der Waals surface area contributed by atoms with Gasteiger partial charge in [-0.3, -0.25) is 14.4 Å². The highest BCUT2D eigenvalue weighted by atomic mass is 16.5. The van der Waals surface area contributed by atoms with Crippen molar-refractivity contribution in [3.63, 3.8) is 0 Å². The molecule has 9 heteroatoms. The second-order valence-corrected chi connectivity index (χ2v) is 13.6. The van der Waals surface area contributed by atoms with Crippen molar-refractivity contribution in [3.8, 4) is 0 Å². The van der Waals surface area contributed by atoms with Gasteiger partial charge in [0.15, 0.2) is 0 Å². The molecule has 4 N–H and O–H groups in total. The summed E-state index contributed by atoms with van der Waals surface area (Å²) < 4.78 is 5.72. The molecule has 45 heavy (non-hydrogen) atoms. The fraction of sp³-hybridized carbons (Fsp3) is 0.889. The molecule has 0 aromatic rings. The number of rotatable bonds is 31. The van der Waals surface area contributed by atoms with Crippen molar-refractivity contribution in [2.45, 2.75) is 181 Å². The Morgan fingerprint density at radius 2 is 1.02 bits per heavy atom. The van der Waals surface area contributed by atoms with E-state index in [1.807, 2.05) is 0 Å². The highest BCUT2D eigenvalue weighted by Crippen LogP contribution is 2.17. The average molecular weight is 641 g/mol. The maximum Gasteiger partial charge on any atom is 0.328 e. The van der Waals surface area contributed by atoms with E-state index >= 15 is 0 Å². The maximum atomic E-state index is 12.6. The molecule has 0 aromatic carbocycles. The summed E-state index contributed by atoms with van der Waals surface area (Å²) >= 11 is 0. The van der Waals surface area contributed by atoms with E-state index in [-0.39, 0.29) is 12.4 Å². The lowest BCUT2D eigenvalue weighted by Crippen LogP contribution is -2.47. The lowest BCUT2D eigenvalue weighted by Gasteiger charge is -2.18. The lowest BCUT2D eigenvalue weighted by molar-refractivity contribution is -0.151. The minimum Gasteiger partial charge on any atom is -0.480 e. The average Bonchev–Trinajstić information content (AvgIpc) is 2.97. The Labute approximate surface area is 274 Å². The van der Waals surface area contributed by atoms with Gasteiger partial charge in [0, 0.05) is 6.42 Å². The first-order chi connectivity index (χ1) is 21.5. The summed E-state index contributed by atoms with van der Waals surface area (Å²) in [5.41, 5.74) is 0. The van der Waals surface area contributed by atoms with Crippen LogP contribution in [0.3, 0.4) is 0 Å². The Hall–Kier alpha value is -2.16. The summed E-state index contributed by atoms with van der Waals surface area (Å²) in [5, 5.41) is 22.6. The Balaban J connectivity index is 4.43. The lowest BCUT2D eigenvalue weighted by atomic mass is 10.0. The highest BCUT2D eigenvalue weighted by Gasteiger charge is 2.21. The molecule has 0 rings (SSSR count). The van der Waals surface area contributed by atoms with Crippen molar-refractivity contribution in [2.24, 2.45) is 11.8 Å². The quantitative estimate of drug-likeness (QED) is 0.0455. The molecule has 0 unspecified atom stereocenters. The number of amides is 2. The van der Waals surface area contributed by atoms with Crippen LogP contribution in [0.2, 0.25) is 0 Å². The number of aliphatic hydroxyl groups excluding tert-OH is 1. The van der Waals surface area contributed by atoms with Gasteiger partial charge in [0.25, 0.3) is 0 Å². The Bertz CT molecular complexity index is 773. The van der Waals surface area contributed by atoms with Crippen LogP contribution < -0.4 is 10.6 Å². The van der Waals surface area contributed by atoms with Crippen LogP contribution in [0, 0.1) is 11.8 Å². The third-order valence-corrected chi connectivity index (χ3v) is 8.19. The fourth-order valence-electron chi connectivity index (χ4n) is 5.38. The molecule has 0 radical (unpaired) electrons. The van der Waals surface area contributed by atoms with Gasteiger partial charge in [0.1, 0.15) is 12.1 Å². The van der Waals surface area contributed by atoms with Crippen molar-refractivity contribution in [1.29, 1.82) is 0 Å². The third-order valence-electron chi connectivity index (χ3n) is 8.19. The number of carboxylic acid groups (broad SMARTS) is 1. The van der Waals surface area contributed by atoms with Crippen LogP contribution in [0.5, 0.6) is 0 Å². The number of hydrogen-bond donors (Lipinski definition) is 4. The molecule has 2 atom stereocenters. The van der Waals surface area contributed by atoms with E-state index in [1.165, 1.54) is 83.5 Å². The van der Waals surface area contributed by atoms with E-state index in [0.29, 0.717) is 12.8 Å². The van der Waals surface area contributed by atoms with Gasteiger partial charge in [-0.05, 0) is 31.1 Å². The van der Waals surface area contributed by atoms with Gasteiger partial charge in [-0.15, -0.1) is 0 Å². The van der Waals surface area contributed by atoms with Crippen molar-refractivity contribution in [3.05, 3.63) is 0 Å². The number of unbranched alkanes of at least 4 members (excludes halogenated alkanes) is 15. The molecule has 0 spiro atoms. The number of nitrogens with one attached hydrogen (secondary N) is 2. The first-order valence-electron chi connectivity index (χ1n) is 18.1. The van der Waals surface area contributed by atoms with Crippen molar-refractivity contribution in [2.75, 3.05) is 13.2 Å². The maximum absolute atomic E-state index is 12.6. The van der Waals surface area contributed by atoms with E-state index in [1.54, 1.807) is 0 Å². The van der Waals surface area contributed by atoms with Crippen molar-refractivity contribution < 1.29 is 34.1 Å². The zero-order valence-electron chi connectivity index (χ0n) is 29.2. The van der Waals surface area contributed by atoms with E-state index in [2.05, 4.69) is 38.3 Å². The summed E-state index contributed by atoms with van der Waals surface area (Å²) in [6.45, 7) is 7.91. The van der Waals surface area contributed by atoms with Crippen LogP contribution in [0.4, 0.5) is 0 Å². The van der Waals surface area contributed by atoms with Crippen LogP contribution in [0.15, 0.2) is 0 Å². The first-order valence-corrected chi connectivity index (χ1v) is 18.1. The normalized spacial score (nSPS) is 12.7. The standard InChI is InChI=1S/C36H68N2O7/c1-29(2)22-18-14-10-6-5-7-13-17-21-25-35(42)45-31(24-20-16-12-9-8-11-15-19-23-30(3)4)26-33(40)37-27-34(41)38-32(28-39)36(43)44/h29-32,39H,5-28H2,1-4H3,(H,37,40)(H,38,41)(H,43,44)/t31-,32+/m1/s1.